The predicted molar refractivity (Wildman–Crippen MR) is 139 cm³/mol. The number of carbonyl (C=O) groups is 1. The van der Waals surface area contributed by atoms with Crippen LogP contribution in [-0.2, 0) is 19.6 Å². The molecule has 1 unspecified atom stereocenters. The average Bonchev–Trinajstić information content (AvgIpc) is 3.53. The Labute approximate surface area is 214 Å². The number of aryl methyl sites for hydroxylation is 1. The van der Waals surface area contributed by atoms with Gasteiger partial charge in [-0.3, -0.25) is 9.69 Å². The number of carbonyl (C=O) groups excluding carboxylic acids is 1. The van der Waals surface area contributed by atoms with Crippen molar-refractivity contribution in [1.29, 1.82) is 0 Å². The van der Waals surface area contributed by atoms with Gasteiger partial charge in [-0.2, -0.15) is 4.31 Å². The number of hydrogen-bond donors (Lipinski definition) is 0. The average molecular weight is 534 g/mol. The van der Waals surface area contributed by atoms with Crippen LogP contribution < -0.4 is 4.90 Å². The van der Waals surface area contributed by atoms with Crippen molar-refractivity contribution in [3.63, 3.8) is 0 Å². The number of halogens is 1. The van der Waals surface area contributed by atoms with Crippen LogP contribution in [0.25, 0.3) is 10.2 Å². The first kappa shape index (κ1) is 24.6. The van der Waals surface area contributed by atoms with Crippen LogP contribution >= 0.6 is 22.9 Å². The SMILES string of the molecule is Cc1cccc2sc(N(CC3CCCO3)C(=O)C3CCN(S(=O)(=O)c4ccc(Cl)cc4)CC3)nc12. The first-order valence-corrected chi connectivity index (χ1v) is 14.5. The van der Waals surface area contributed by atoms with Crippen LogP contribution in [0.2, 0.25) is 5.02 Å². The molecule has 0 saturated carbocycles. The summed E-state index contributed by atoms with van der Waals surface area (Å²) in [7, 11) is -3.62. The maximum absolute atomic E-state index is 13.8. The molecule has 1 amide bonds. The molecular formula is C25H28ClN3O4S2. The second kappa shape index (κ2) is 10.1. The molecule has 0 spiro atoms. The van der Waals surface area contributed by atoms with E-state index in [0.29, 0.717) is 49.2 Å². The molecule has 186 valence electrons. The summed E-state index contributed by atoms with van der Waals surface area (Å²) < 4.78 is 34.5. The van der Waals surface area contributed by atoms with E-state index >= 15 is 0 Å². The largest absolute Gasteiger partial charge is 0.376 e. The van der Waals surface area contributed by atoms with E-state index < -0.39 is 10.0 Å². The Hall–Kier alpha value is -2.04. The Balaban J connectivity index is 1.34. The Morgan fingerprint density at radius 3 is 2.57 bits per heavy atom. The molecule has 2 aliphatic rings. The van der Waals surface area contributed by atoms with Crippen molar-refractivity contribution in [2.75, 3.05) is 31.1 Å². The van der Waals surface area contributed by atoms with Crippen LogP contribution in [0, 0.1) is 12.8 Å². The van der Waals surface area contributed by atoms with E-state index in [1.165, 1.54) is 27.8 Å². The fourth-order valence-corrected chi connectivity index (χ4v) is 7.42. The first-order chi connectivity index (χ1) is 16.8. The molecule has 3 heterocycles. The number of rotatable bonds is 6. The van der Waals surface area contributed by atoms with Gasteiger partial charge in [-0.1, -0.05) is 35.1 Å². The van der Waals surface area contributed by atoms with Gasteiger partial charge < -0.3 is 4.74 Å². The van der Waals surface area contributed by atoms with Gasteiger partial charge in [0, 0.05) is 30.6 Å². The van der Waals surface area contributed by atoms with Crippen LogP contribution in [-0.4, -0.2) is 56.0 Å². The summed E-state index contributed by atoms with van der Waals surface area (Å²) in [5, 5.41) is 1.18. The lowest BCUT2D eigenvalue weighted by molar-refractivity contribution is -0.123. The van der Waals surface area contributed by atoms with Gasteiger partial charge in [0.25, 0.3) is 0 Å². The number of thiazole rings is 1. The predicted octanol–water partition coefficient (Wildman–Crippen LogP) is 4.87. The van der Waals surface area contributed by atoms with E-state index in [-0.39, 0.29) is 22.8 Å². The third-order valence-electron chi connectivity index (χ3n) is 6.77. The molecule has 10 heteroatoms. The minimum atomic E-state index is -3.62. The smallest absolute Gasteiger partial charge is 0.243 e. The maximum Gasteiger partial charge on any atom is 0.243 e. The van der Waals surface area contributed by atoms with E-state index in [1.54, 1.807) is 17.0 Å². The van der Waals surface area contributed by atoms with Gasteiger partial charge in [-0.15, -0.1) is 0 Å². The highest BCUT2D eigenvalue weighted by Gasteiger charge is 2.36. The fourth-order valence-electron chi connectivity index (χ4n) is 4.76. The van der Waals surface area contributed by atoms with E-state index in [2.05, 4.69) is 0 Å². The summed E-state index contributed by atoms with van der Waals surface area (Å²) in [5.74, 6) is -0.262. The van der Waals surface area contributed by atoms with E-state index in [4.69, 9.17) is 21.3 Å². The van der Waals surface area contributed by atoms with Crippen molar-refractivity contribution < 1.29 is 17.9 Å². The highest BCUT2D eigenvalue weighted by Crippen LogP contribution is 2.34. The molecule has 2 saturated heterocycles. The van der Waals surface area contributed by atoms with Crippen LogP contribution in [0.3, 0.4) is 0 Å². The topological polar surface area (TPSA) is 79.8 Å². The van der Waals surface area contributed by atoms with Crippen molar-refractivity contribution >= 4 is 54.2 Å². The molecule has 2 aromatic carbocycles. The molecule has 0 aliphatic carbocycles. The van der Waals surface area contributed by atoms with Crippen molar-refractivity contribution in [2.45, 2.75) is 43.6 Å². The molecule has 1 atom stereocenters. The van der Waals surface area contributed by atoms with E-state index in [0.717, 1.165) is 28.6 Å². The van der Waals surface area contributed by atoms with E-state index in [1.807, 2.05) is 25.1 Å². The number of aromatic nitrogens is 1. The summed E-state index contributed by atoms with van der Waals surface area (Å²) >= 11 is 7.43. The minimum absolute atomic E-state index is 0.000695. The maximum atomic E-state index is 13.8. The molecule has 5 rings (SSSR count). The number of fused-ring (bicyclic) bond motifs is 1. The fraction of sp³-hybridized carbons (Fsp3) is 0.440. The van der Waals surface area contributed by atoms with Crippen LogP contribution in [0.15, 0.2) is 47.4 Å². The van der Waals surface area contributed by atoms with Crippen molar-refractivity contribution in [2.24, 2.45) is 5.92 Å². The summed E-state index contributed by atoms with van der Waals surface area (Å²) in [6, 6.07) is 12.2. The Morgan fingerprint density at radius 1 is 1.17 bits per heavy atom. The van der Waals surface area contributed by atoms with Crippen LogP contribution in [0.5, 0.6) is 0 Å². The molecule has 2 fully saturated rings. The number of anilines is 1. The molecule has 0 N–H and O–H groups in total. The highest BCUT2D eigenvalue weighted by molar-refractivity contribution is 7.89. The quantitative estimate of drug-likeness (QED) is 0.451. The van der Waals surface area contributed by atoms with Gasteiger partial charge >= 0.3 is 0 Å². The van der Waals surface area contributed by atoms with Gasteiger partial charge in [-0.05, 0) is 68.5 Å². The molecule has 1 aromatic heterocycles. The van der Waals surface area contributed by atoms with Gasteiger partial charge in [0.2, 0.25) is 15.9 Å². The Kier molecular flexibility index (Phi) is 7.14. The summed E-state index contributed by atoms with van der Waals surface area (Å²) in [5.41, 5.74) is 2.00. The van der Waals surface area contributed by atoms with Crippen LogP contribution in [0.1, 0.15) is 31.2 Å². The summed E-state index contributed by atoms with van der Waals surface area (Å²) in [6.45, 7) is 3.81. The number of para-hydroxylation sites is 1. The molecular weight excluding hydrogens is 506 g/mol. The molecule has 7 nitrogen and oxygen atoms in total. The number of sulfonamides is 1. The van der Waals surface area contributed by atoms with Gasteiger partial charge in [-0.25, -0.2) is 13.4 Å². The summed E-state index contributed by atoms with van der Waals surface area (Å²) in [6.07, 6.45) is 2.85. The van der Waals surface area contributed by atoms with Crippen molar-refractivity contribution in [3.8, 4) is 0 Å². The monoisotopic (exact) mass is 533 g/mol. The summed E-state index contributed by atoms with van der Waals surface area (Å²) in [4.78, 5) is 20.6. The number of hydrogen-bond acceptors (Lipinski definition) is 6. The number of ether oxygens (including phenoxy) is 1. The van der Waals surface area contributed by atoms with Crippen LogP contribution in [0.4, 0.5) is 5.13 Å². The van der Waals surface area contributed by atoms with Crippen molar-refractivity contribution in [1.82, 2.24) is 9.29 Å². The molecule has 2 aliphatic heterocycles. The molecule has 3 aromatic rings. The van der Waals surface area contributed by atoms with Crippen molar-refractivity contribution in [3.05, 3.63) is 53.1 Å². The van der Waals surface area contributed by atoms with Gasteiger partial charge in [0.1, 0.15) is 0 Å². The van der Waals surface area contributed by atoms with E-state index in [9.17, 15) is 13.2 Å². The number of nitrogens with zero attached hydrogens (tertiary/aromatic N) is 3. The number of amides is 1. The second-order valence-electron chi connectivity index (χ2n) is 9.13. The van der Waals surface area contributed by atoms with Gasteiger partial charge in [0.15, 0.2) is 5.13 Å². The standard InChI is InChI=1S/C25H28ClN3O4S2/c1-17-4-2-6-22-23(17)27-25(34-22)29(16-20-5-3-15-33-20)24(30)18-11-13-28(14-12-18)35(31,32)21-9-7-19(26)8-10-21/h2,4,6-10,18,20H,3,5,11-16H2,1H3. The highest BCUT2D eigenvalue weighted by atomic mass is 35.5. The third kappa shape index (κ3) is 5.11. The Bertz CT molecular complexity index is 1310. The normalized spacial score (nSPS) is 19.9. The lowest BCUT2D eigenvalue weighted by Gasteiger charge is -2.33. The zero-order valence-electron chi connectivity index (χ0n) is 19.5. The lowest BCUT2D eigenvalue weighted by atomic mass is 9.96. The minimum Gasteiger partial charge on any atom is -0.376 e. The molecule has 0 bridgehead atoms. The Morgan fingerprint density at radius 2 is 1.91 bits per heavy atom. The second-order valence-corrected chi connectivity index (χ2v) is 12.5. The lowest BCUT2D eigenvalue weighted by Crippen LogP contribution is -2.46. The van der Waals surface area contributed by atoms with Gasteiger partial charge in [0.05, 0.1) is 27.8 Å². The zero-order chi connectivity index (χ0) is 24.6. The first-order valence-electron chi connectivity index (χ1n) is 11.9. The third-order valence-corrected chi connectivity index (χ3v) is 9.98. The number of piperidine rings is 1. The zero-order valence-corrected chi connectivity index (χ0v) is 21.9. The number of benzene rings is 2. The molecule has 35 heavy (non-hydrogen) atoms. The molecule has 0 radical (unpaired) electrons.